The van der Waals surface area contributed by atoms with Crippen LogP contribution in [0.15, 0.2) is 54.6 Å². The van der Waals surface area contributed by atoms with Crippen molar-refractivity contribution in [1.82, 2.24) is 20.4 Å². The van der Waals surface area contributed by atoms with Crippen LogP contribution in [-0.2, 0) is 25.6 Å². The molecule has 0 saturated carbocycles. The fraction of sp³-hybridized carbons (Fsp3) is 0.452. The molecule has 41 heavy (non-hydrogen) atoms. The van der Waals surface area contributed by atoms with Crippen LogP contribution in [0.4, 0.5) is 5.69 Å². The maximum Gasteiger partial charge on any atom is 0.256 e. The highest BCUT2D eigenvalue weighted by atomic mass is 16.2. The van der Waals surface area contributed by atoms with Gasteiger partial charge in [0.15, 0.2) is 0 Å². The van der Waals surface area contributed by atoms with Gasteiger partial charge in [-0.2, -0.15) is 0 Å². The van der Waals surface area contributed by atoms with Crippen LogP contribution in [0.2, 0.25) is 0 Å². The van der Waals surface area contributed by atoms with E-state index in [0.29, 0.717) is 31.5 Å². The lowest BCUT2D eigenvalue weighted by atomic mass is 9.97. The van der Waals surface area contributed by atoms with Crippen molar-refractivity contribution in [3.63, 3.8) is 0 Å². The number of benzene rings is 2. The molecule has 10 heteroatoms. The number of para-hydroxylation sites is 1. The molecule has 0 aliphatic carbocycles. The van der Waals surface area contributed by atoms with Gasteiger partial charge in [-0.15, -0.1) is 0 Å². The number of carbonyl (C=O) groups excluding carboxylic acids is 5. The van der Waals surface area contributed by atoms with Gasteiger partial charge < -0.3 is 25.8 Å². The minimum absolute atomic E-state index is 0.221. The second-order valence-electron chi connectivity index (χ2n) is 10.9. The Hall–Kier alpha value is -4.21. The summed E-state index contributed by atoms with van der Waals surface area (Å²) in [5.41, 5.74) is 1.42. The number of anilines is 1. The van der Waals surface area contributed by atoms with Crippen molar-refractivity contribution in [3.8, 4) is 0 Å². The lowest BCUT2D eigenvalue weighted by Crippen LogP contribution is -2.58. The zero-order chi connectivity index (χ0) is 29.7. The molecule has 1 unspecified atom stereocenters. The first-order chi connectivity index (χ1) is 19.6. The normalized spacial score (nSPS) is 25.1. The summed E-state index contributed by atoms with van der Waals surface area (Å²) in [4.78, 5) is 71.0. The first-order valence-corrected chi connectivity index (χ1v) is 14.2. The Morgan fingerprint density at radius 2 is 1.59 bits per heavy atom. The maximum absolute atomic E-state index is 13.9. The lowest BCUT2D eigenvalue weighted by Gasteiger charge is -2.34. The van der Waals surface area contributed by atoms with E-state index in [2.05, 4.69) is 16.0 Å². The van der Waals surface area contributed by atoms with E-state index in [9.17, 15) is 24.0 Å². The number of amides is 5. The van der Waals surface area contributed by atoms with E-state index >= 15 is 0 Å². The average molecular weight is 562 g/mol. The third kappa shape index (κ3) is 6.58. The second kappa shape index (κ2) is 13.0. The molecule has 0 radical (unpaired) electrons. The fourth-order valence-corrected chi connectivity index (χ4v) is 5.40. The van der Waals surface area contributed by atoms with E-state index in [-0.39, 0.29) is 29.7 Å². The SMILES string of the molecule is CC[C@@H](C)C1NC(=O)[C@@H](C)NC(=O)[C@@H](Cc2ccccc2)N(C)C(=O)[C@@H]2CCCN2C(=O)c2ccccc2NC1=O. The number of hydrogen-bond acceptors (Lipinski definition) is 5. The molecule has 2 aromatic carbocycles. The molecule has 1 saturated heterocycles. The van der Waals surface area contributed by atoms with Gasteiger partial charge in [0.05, 0.1) is 11.3 Å². The van der Waals surface area contributed by atoms with Gasteiger partial charge in [0, 0.05) is 20.0 Å². The molecule has 2 aromatic rings. The van der Waals surface area contributed by atoms with E-state index < -0.39 is 41.9 Å². The lowest BCUT2D eigenvalue weighted by molar-refractivity contribution is -0.142. The van der Waals surface area contributed by atoms with Gasteiger partial charge in [-0.3, -0.25) is 24.0 Å². The van der Waals surface area contributed by atoms with E-state index in [1.165, 1.54) is 9.80 Å². The zero-order valence-electron chi connectivity index (χ0n) is 24.1. The Labute approximate surface area is 240 Å². The molecule has 5 amide bonds. The van der Waals surface area contributed by atoms with Crippen molar-refractivity contribution >= 4 is 35.2 Å². The molecule has 0 bridgehead atoms. The fourth-order valence-electron chi connectivity index (χ4n) is 5.40. The molecule has 0 spiro atoms. The van der Waals surface area contributed by atoms with E-state index in [4.69, 9.17) is 0 Å². The Morgan fingerprint density at radius 3 is 2.29 bits per heavy atom. The third-order valence-electron chi connectivity index (χ3n) is 8.15. The number of carbonyl (C=O) groups is 5. The van der Waals surface area contributed by atoms with Gasteiger partial charge in [-0.1, -0.05) is 62.7 Å². The quantitative estimate of drug-likeness (QED) is 0.528. The molecule has 2 aliphatic heterocycles. The van der Waals surface area contributed by atoms with Crippen molar-refractivity contribution in [2.75, 3.05) is 18.9 Å². The van der Waals surface area contributed by atoms with Crippen LogP contribution in [0.3, 0.4) is 0 Å². The van der Waals surface area contributed by atoms with Crippen LogP contribution in [0.5, 0.6) is 0 Å². The summed E-state index contributed by atoms with van der Waals surface area (Å²) in [7, 11) is 1.57. The van der Waals surface area contributed by atoms with Gasteiger partial charge in [0.1, 0.15) is 24.2 Å². The maximum atomic E-state index is 13.9. The van der Waals surface area contributed by atoms with Crippen LogP contribution in [0.25, 0.3) is 0 Å². The van der Waals surface area contributed by atoms with Gasteiger partial charge in [-0.25, -0.2) is 0 Å². The van der Waals surface area contributed by atoms with Gasteiger partial charge >= 0.3 is 0 Å². The van der Waals surface area contributed by atoms with Crippen molar-refractivity contribution in [1.29, 1.82) is 0 Å². The van der Waals surface area contributed by atoms with Gasteiger partial charge in [0.25, 0.3) is 5.91 Å². The summed E-state index contributed by atoms with van der Waals surface area (Å²) in [5.74, 6) is -2.43. The van der Waals surface area contributed by atoms with Crippen molar-refractivity contribution < 1.29 is 24.0 Å². The minimum atomic E-state index is -0.964. The first kappa shape index (κ1) is 29.8. The molecule has 2 aliphatic rings. The molecule has 3 N–H and O–H groups in total. The van der Waals surface area contributed by atoms with E-state index in [1.807, 2.05) is 44.2 Å². The Kier molecular flexibility index (Phi) is 9.42. The predicted molar refractivity (Wildman–Crippen MR) is 155 cm³/mol. The molecular formula is C31H39N5O5. The largest absolute Gasteiger partial charge is 0.343 e. The highest BCUT2D eigenvalue weighted by Crippen LogP contribution is 2.26. The molecule has 10 nitrogen and oxygen atoms in total. The van der Waals surface area contributed by atoms with Gasteiger partial charge in [0.2, 0.25) is 23.6 Å². The molecule has 0 aromatic heterocycles. The summed E-state index contributed by atoms with van der Waals surface area (Å²) in [6.07, 6.45) is 1.93. The summed E-state index contributed by atoms with van der Waals surface area (Å²) in [6, 6.07) is 12.5. The molecule has 5 atom stereocenters. The monoisotopic (exact) mass is 561 g/mol. The van der Waals surface area contributed by atoms with Crippen LogP contribution >= 0.6 is 0 Å². The minimum Gasteiger partial charge on any atom is -0.343 e. The van der Waals surface area contributed by atoms with Crippen LogP contribution in [-0.4, -0.2) is 77.1 Å². The highest BCUT2D eigenvalue weighted by molar-refractivity contribution is 6.07. The Bertz CT molecular complexity index is 1300. The number of fused-ring (bicyclic) bond motifs is 2. The standard InChI is InChI=1S/C31H39N5O5/c1-5-19(2)26-29(39)33-23-15-10-9-14-22(23)30(40)36-17-11-16-24(36)31(41)35(4)25(18-21-12-7-6-8-13-21)28(38)32-20(3)27(37)34-26/h6-10,12-15,19-20,24-26H,5,11,16-18H2,1-4H3,(H,32,38)(H,33,39)(H,34,37)/t19-,20-,24+,25-,26?/m1/s1. The Balaban J connectivity index is 1.77. The molecule has 4 rings (SSSR count). The molecule has 1 fully saturated rings. The number of rotatable bonds is 4. The zero-order valence-corrected chi connectivity index (χ0v) is 24.1. The number of nitrogens with zero attached hydrogens (tertiary/aromatic N) is 2. The number of nitrogens with one attached hydrogen (secondary N) is 3. The van der Waals surface area contributed by atoms with Crippen molar-refractivity contribution in [2.45, 2.75) is 70.6 Å². The van der Waals surface area contributed by atoms with Crippen LogP contribution < -0.4 is 16.0 Å². The summed E-state index contributed by atoms with van der Waals surface area (Å²) in [6.45, 7) is 5.70. The van der Waals surface area contributed by atoms with Crippen molar-refractivity contribution in [3.05, 3.63) is 65.7 Å². The van der Waals surface area contributed by atoms with Gasteiger partial charge in [-0.05, 0) is 43.4 Å². The molecule has 2 heterocycles. The number of likely N-dealkylation sites (N-methyl/N-ethyl adjacent to an activating group) is 1. The number of hydrogen-bond donors (Lipinski definition) is 3. The van der Waals surface area contributed by atoms with Crippen molar-refractivity contribution in [2.24, 2.45) is 5.92 Å². The highest BCUT2D eigenvalue weighted by Gasteiger charge is 2.40. The van der Waals surface area contributed by atoms with E-state index in [0.717, 1.165) is 5.56 Å². The topological polar surface area (TPSA) is 128 Å². The third-order valence-corrected chi connectivity index (χ3v) is 8.15. The molecule has 218 valence electrons. The van der Waals surface area contributed by atoms with E-state index in [1.54, 1.807) is 38.2 Å². The predicted octanol–water partition coefficient (Wildman–Crippen LogP) is 2.35. The summed E-state index contributed by atoms with van der Waals surface area (Å²) >= 11 is 0. The second-order valence-corrected chi connectivity index (χ2v) is 10.9. The average Bonchev–Trinajstić information content (AvgIpc) is 3.47. The molecular weight excluding hydrogens is 522 g/mol. The van der Waals surface area contributed by atoms with Crippen LogP contribution in [0, 0.1) is 5.92 Å². The van der Waals surface area contributed by atoms with Crippen LogP contribution in [0.1, 0.15) is 56.0 Å². The Morgan fingerprint density at radius 1 is 0.902 bits per heavy atom. The summed E-state index contributed by atoms with van der Waals surface area (Å²) in [5, 5.41) is 8.38. The smallest absolute Gasteiger partial charge is 0.256 e. The summed E-state index contributed by atoms with van der Waals surface area (Å²) < 4.78 is 0. The first-order valence-electron chi connectivity index (χ1n) is 14.2.